The fraction of sp³-hybridized carbons (Fsp3) is 0.364. The van der Waals surface area contributed by atoms with E-state index < -0.39 is 9.84 Å². The lowest BCUT2D eigenvalue weighted by molar-refractivity contribution is 0.101. The van der Waals surface area contributed by atoms with Gasteiger partial charge in [-0.1, -0.05) is 0 Å². The van der Waals surface area contributed by atoms with Gasteiger partial charge in [0.2, 0.25) is 0 Å². The first-order chi connectivity index (χ1) is 7.82. The molecular formula is C11H14O5S. The first-order valence-corrected chi connectivity index (χ1v) is 6.68. The molecule has 0 amide bonds. The molecule has 0 N–H and O–H groups in total. The molecule has 0 saturated heterocycles. The largest absolute Gasteiger partial charge is 0.496 e. The van der Waals surface area contributed by atoms with E-state index in [2.05, 4.69) is 0 Å². The van der Waals surface area contributed by atoms with Gasteiger partial charge in [-0.15, -0.1) is 0 Å². The monoisotopic (exact) mass is 258 g/mol. The Kier molecular flexibility index (Phi) is 3.77. The van der Waals surface area contributed by atoms with Gasteiger partial charge in [0.25, 0.3) is 0 Å². The Bertz CT molecular complexity index is 545. The quantitative estimate of drug-likeness (QED) is 0.761. The van der Waals surface area contributed by atoms with Gasteiger partial charge in [0, 0.05) is 6.26 Å². The Morgan fingerprint density at radius 2 is 1.59 bits per heavy atom. The summed E-state index contributed by atoms with van der Waals surface area (Å²) < 4.78 is 33.4. The molecule has 0 aliphatic rings. The molecule has 0 aliphatic heterocycles. The van der Waals surface area contributed by atoms with Gasteiger partial charge in [-0.3, -0.25) is 4.79 Å². The minimum absolute atomic E-state index is 0.0225. The Hall–Kier alpha value is -1.56. The van der Waals surface area contributed by atoms with E-state index in [1.807, 2.05) is 0 Å². The Balaban J connectivity index is 3.78. The number of hydrogen-bond donors (Lipinski definition) is 0. The first kappa shape index (κ1) is 13.5. The number of Topliss-reactive ketones (excluding diaryl/α,β-unsaturated/α-hetero) is 1. The number of carbonyl (C=O) groups is 1. The third-order valence-electron chi connectivity index (χ3n) is 2.25. The van der Waals surface area contributed by atoms with Crippen molar-refractivity contribution in [1.29, 1.82) is 0 Å². The maximum Gasteiger partial charge on any atom is 0.180 e. The standard InChI is InChI=1S/C11H14O5S/c1-7(12)10-8(15-2)5-6-9(16-3)11(10)17(4,13)14/h5-6H,1-4H3. The van der Waals surface area contributed by atoms with Crippen molar-refractivity contribution >= 4 is 15.6 Å². The van der Waals surface area contributed by atoms with Gasteiger partial charge < -0.3 is 9.47 Å². The molecule has 0 radical (unpaired) electrons. The van der Waals surface area contributed by atoms with E-state index in [9.17, 15) is 13.2 Å². The summed E-state index contributed by atoms with van der Waals surface area (Å²) in [6, 6.07) is 2.96. The summed E-state index contributed by atoms with van der Waals surface area (Å²) in [6.07, 6.45) is 1.02. The highest BCUT2D eigenvalue weighted by atomic mass is 32.2. The van der Waals surface area contributed by atoms with Gasteiger partial charge in [0.15, 0.2) is 15.6 Å². The second-order valence-electron chi connectivity index (χ2n) is 3.50. The summed E-state index contributed by atoms with van der Waals surface area (Å²) >= 11 is 0. The lowest BCUT2D eigenvalue weighted by Gasteiger charge is -2.13. The molecule has 0 heterocycles. The summed E-state index contributed by atoms with van der Waals surface area (Å²) in [5.41, 5.74) is 0.0225. The lowest BCUT2D eigenvalue weighted by atomic mass is 10.1. The highest BCUT2D eigenvalue weighted by Crippen LogP contribution is 2.34. The Labute approximate surface area is 100 Å². The molecule has 1 rings (SSSR count). The lowest BCUT2D eigenvalue weighted by Crippen LogP contribution is -2.10. The van der Waals surface area contributed by atoms with Crippen LogP contribution in [0.5, 0.6) is 11.5 Å². The molecule has 0 aliphatic carbocycles. The third-order valence-corrected chi connectivity index (χ3v) is 3.39. The molecule has 1 aromatic carbocycles. The number of rotatable bonds is 4. The SMILES string of the molecule is COc1ccc(OC)c(S(C)(=O)=O)c1C(C)=O. The molecule has 0 spiro atoms. The van der Waals surface area contributed by atoms with Gasteiger partial charge in [0.05, 0.1) is 19.8 Å². The number of methoxy groups -OCH3 is 2. The highest BCUT2D eigenvalue weighted by Gasteiger charge is 2.25. The Morgan fingerprint density at radius 1 is 1.12 bits per heavy atom. The summed E-state index contributed by atoms with van der Waals surface area (Å²) in [7, 11) is -0.857. The zero-order valence-electron chi connectivity index (χ0n) is 10.1. The normalized spacial score (nSPS) is 11.1. The van der Waals surface area contributed by atoms with Crippen molar-refractivity contribution in [2.75, 3.05) is 20.5 Å². The van der Waals surface area contributed by atoms with Crippen molar-refractivity contribution in [3.63, 3.8) is 0 Å². The van der Waals surface area contributed by atoms with Crippen LogP contribution in [-0.4, -0.2) is 34.7 Å². The van der Waals surface area contributed by atoms with Crippen LogP contribution in [0.2, 0.25) is 0 Å². The van der Waals surface area contributed by atoms with Gasteiger partial charge in [0.1, 0.15) is 16.4 Å². The van der Waals surface area contributed by atoms with E-state index in [1.165, 1.54) is 33.3 Å². The van der Waals surface area contributed by atoms with Gasteiger partial charge in [-0.05, 0) is 19.1 Å². The number of carbonyl (C=O) groups excluding carboxylic acids is 1. The topological polar surface area (TPSA) is 69.7 Å². The van der Waals surface area contributed by atoms with E-state index in [0.29, 0.717) is 0 Å². The van der Waals surface area contributed by atoms with Crippen LogP contribution in [0, 0.1) is 0 Å². The Morgan fingerprint density at radius 3 is 1.94 bits per heavy atom. The number of ether oxygens (including phenoxy) is 2. The molecule has 5 nitrogen and oxygen atoms in total. The zero-order chi connectivity index (χ0) is 13.2. The predicted octanol–water partition coefficient (Wildman–Crippen LogP) is 1.31. The molecule has 0 bridgehead atoms. The van der Waals surface area contributed by atoms with E-state index in [4.69, 9.17) is 9.47 Å². The molecule has 6 heteroatoms. The van der Waals surface area contributed by atoms with Gasteiger partial charge in [-0.2, -0.15) is 0 Å². The molecule has 0 unspecified atom stereocenters. The summed E-state index contributed by atoms with van der Waals surface area (Å²) in [5.74, 6) is -0.0293. The number of hydrogen-bond acceptors (Lipinski definition) is 5. The second kappa shape index (κ2) is 4.75. The van der Waals surface area contributed by atoms with Crippen molar-refractivity contribution in [1.82, 2.24) is 0 Å². The summed E-state index contributed by atoms with van der Waals surface area (Å²) in [6.45, 7) is 1.28. The number of benzene rings is 1. The van der Waals surface area contributed by atoms with Gasteiger partial charge >= 0.3 is 0 Å². The average Bonchev–Trinajstić information content (AvgIpc) is 2.25. The van der Waals surface area contributed by atoms with Crippen LogP contribution >= 0.6 is 0 Å². The molecule has 0 aromatic heterocycles. The third kappa shape index (κ3) is 2.58. The van der Waals surface area contributed by atoms with Crippen LogP contribution in [-0.2, 0) is 9.84 Å². The first-order valence-electron chi connectivity index (χ1n) is 4.79. The van der Waals surface area contributed by atoms with Crippen molar-refractivity contribution in [2.45, 2.75) is 11.8 Å². The highest BCUT2D eigenvalue weighted by molar-refractivity contribution is 7.91. The predicted molar refractivity (Wildman–Crippen MR) is 62.7 cm³/mol. The summed E-state index contributed by atoms with van der Waals surface area (Å²) in [5, 5.41) is 0. The van der Waals surface area contributed by atoms with Gasteiger partial charge in [-0.25, -0.2) is 8.42 Å². The summed E-state index contributed by atoms with van der Waals surface area (Å²) in [4.78, 5) is 11.4. The van der Waals surface area contributed by atoms with Crippen molar-refractivity contribution in [3.8, 4) is 11.5 Å². The smallest absolute Gasteiger partial charge is 0.180 e. The van der Waals surface area contributed by atoms with Crippen LogP contribution in [0.3, 0.4) is 0 Å². The van der Waals surface area contributed by atoms with E-state index in [-0.39, 0.29) is 27.7 Å². The van der Waals surface area contributed by atoms with Crippen LogP contribution in [0.25, 0.3) is 0 Å². The molecule has 17 heavy (non-hydrogen) atoms. The minimum Gasteiger partial charge on any atom is -0.496 e. The molecule has 0 fully saturated rings. The van der Waals surface area contributed by atoms with E-state index in [1.54, 1.807) is 0 Å². The molecule has 0 atom stereocenters. The van der Waals surface area contributed by atoms with Crippen LogP contribution in [0.15, 0.2) is 17.0 Å². The van der Waals surface area contributed by atoms with Crippen molar-refractivity contribution in [3.05, 3.63) is 17.7 Å². The van der Waals surface area contributed by atoms with E-state index >= 15 is 0 Å². The second-order valence-corrected chi connectivity index (χ2v) is 5.46. The molecular weight excluding hydrogens is 244 g/mol. The number of sulfone groups is 1. The maximum atomic E-state index is 11.7. The van der Waals surface area contributed by atoms with Crippen LogP contribution in [0.1, 0.15) is 17.3 Å². The van der Waals surface area contributed by atoms with Crippen LogP contribution in [0.4, 0.5) is 0 Å². The molecule has 1 aromatic rings. The van der Waals surface area contributed by atoms with Crippen LogP contribution < -0.4 is 9.47 Å². The average molecular weight is 258 g/mol. The fourth-order valence-corrected chi connectivity index (χ4v) is 2.71. The molecule has 0 saturated carbocycles. The maximum absolute atomic E-state index is 11.7. The number of ketones is 1. The van der Waals surface area contributed by atoms with Crippen molar-refractivity contribution < 1.29 is 22.7 Å². The van der Waals surface area contributed by atoms with E-state index in [0.717, 1.165) is 6.26 Å². The zero-order valence-corrected chi connectivity index (χ0v) is 10.9. The molecule has 94 valence electrons. The fourth-order valence-electron chi connectivity index (χ4n) is 1.58. The van der Waals surface area contributed by atoms with Crippen molar-refractivity contribution in [2.24, 2.45) is 0 Å². The minimum atomic E-state index is -3.58.